The summed E-state index contributed by atoms with van der Waals surface area (Å²) in [6.07, 6.45) is 1.63. The summed E-state index contributed by atoms with van der Waals surface area (Å²) in [5.74, 6) is -0.0673. The highest BCUT2D eigenvalue weighted by Gasteiger charge is 2.12. The number of amides is 1. The van der Waals surface area contributed by atoms with Crippen LogP contribution in [0, 0.1) is 0 Å². The van der Waals surface area contributed by atoms with E-state index in [1.165, 1.54) is 0 Å². The molecule has 0 atom stereocenters. The molecular weight excluding hydrogens is 250 g/mol. The summed E-state index contributed by atoms with van der Waals surface area (Å²) in [6, 6.07) is 13.5. The average Bonchev–Trinajstić information content (AvgIpc) is 2.48. The van der Waals surface area contributed by atoms with Gasteiger partial charge in [0.15, 0.2) is 0 Å². The van der Waals surface area contributed by atoms with E-state index in [9.17, 15) is 4.79 Å². The number of hydrogen-bond donors (Lipinski definition) is 0. The summed E-state index contributed by atoms with van der Waals surface area (Å²) in [5.41, 5.74) is 2.72. The predicted octanol–water partition coefficient (Wildman–Crippen LogP) is 2.42. The first kappa shape index (κ1) is 14.1. The van der Waals surface area contributed by atoms with Crippen LogP contribution in [-0.2, 0) is 6.54 Å². The van der Waals surface area contributed by atoms with Crippen LogP contribution in [0.25, 0.3) is 0 Å². The summed E-state index contributed by atoms with van der Waals surface area (Å²) >= 11 is 0. The van der Waals surface area contributed by atoms with Crippen LogP contribution in [0.3, 0.4) is 0 Å². The van der Waals surface area contributed by atoms with E-state index in [2.05, 4.69) is 17.1 Å². The standard InChI is InChI=1S/C16H19N3O/c1-18(2)14-9-7-13(8-10-14)12-19(3)16(20)15-6-4-5-11-17-15/h4-11H,12H2,1-3H3. The molecule has 1 amide bonds. The van der Waals surface area contributed by atoms with Crippen molar-refractivity contribution in [1.29, 1.82) is 0 Å². The molecule has 2 aromatic rings. The SMILES string of the molecule is CN(Cc1ccc(N(C)C)cc1)C(=O)c1ccccn1. The second-order valence-electron chi connectivity index (χ2n) is 4.94. The third-order valence-corrected chi connectivity index (χ3v) is 3.10. The topological polar surface area (TPSA) is 36.4 Å². The third kappa shape index (κ3) is 3.35. The highest BCUT2D eigenvalue weighted by Crippen LogP contribution is 2.14. The molecule has 0 saturated carbocycles. The van der Waals surface area contributed by atoms with Gasteiger partial charge in [0.2, 0.25) is 0 Å². The molecule has 20 heavy (non-hydrogen) atoms. The summed E-state index contributed by atoms with van der Waals surface area (Å²) < 4.78 is 0. The Hall–Kier alpha value is -2.36. The summed E-state index contributed by atoms with van der Waals surface area (Å²) in [5, 5.41) is 0. The Morgan fingerprint density at radius 3 is 2.30 bits per heavy atom. The molecule has 0 unspecified atom stereocenters. The highest BCUT2D eigenvalue weighted by molar-refractivity contribution is 5.91. The Morgan fingerprint density at radius 1 is 1.05 bits per heavy atom. The van der Waals surface area contributed by atoms with E-state index in [1.54, 1.807) is 30.3 Å². The lowest BCUT2D eigenvalue weighted by Gasteiger charge is -2.18. The Balaban J connectivity index is 2.04. The first-order valence-corrected chi connectivity index (χ1v) is 6.50. The van der Waals surface area contributed by atoms with Crippen molar-refractivity contribution < 1.29 is 4.79 Å². The van der Waals surface area contributed by atoms with Gasteiger partial charge in [-0.25, -0.2) is 0 Å². The molecule has 0 fully saturated rings. The second-order valence-corrected chi connectivity index (χ2v) is 4.94. The molecule has 0 aliphatic rings. The molecule has 0 spiro atoms. The number of hydrogen-bond acceptors (Lipinski definition) is 3. The molecule has 1 heterocycles. The van der Waals surface area contributed by atoms with Crippen molar-refractivity contribution in [3.63, 3.8) is 0 Å². The minimum atomic E-state index is -0.0673. The number of benzene rings is 1. The molecule has 104 valence electrons. The lowest BCUT2D eigenvalue weighted by molar-refractivity contribution is 0.0779. The molecule has 0 aliphatic heterocycles. The Labute approximate surface area is 119 Å². The van der Waals surface area contributed by atoms with Gasteiger partial charge in [0, 0.05) is 39.6 Å². The first-order chi connectivity index (χ1) is 9.58. The molecule has 1 aromatic carbocycles. The number of nitrogens with zero attached hydrogens (tertiary/aromatic N) is 3. The van der Waals surface area contributed by atoms with Crippen molar-refractivity contribution >= 4 is 11.6 Å². The number of pyridine rings is 1. The largest absolute Gasteiger partial charge is 0.378 e. The summed E-state index contributed by atoms with van der Waals surface area (Å²) in [4.78, 5) is 20.0. The fourth-order valence-electron chi connectivity index (χ4n) is 1.93. The maximum atomic E-state index is 12.2. The van der Waals surface area contributed by atoms with Crippen LogP contribution in [0.2, 0.25) is 0 Å². The number of carbonyl (C=O) groups is 1. The quantitative estimate of drug-likeness (QED) is 0.855. The lowest BCUT2D eigenvalue weighted by Crippen LogP contribution is -2.26. The number of rotatable bonds is 4. The Morgan fingerprint density at radius 2 is 1.75 bits per heavy atom. The van der Waals surface area contributed by atoms with Crippen molar-refractivity contribution in [2.75, 3.05) is 26.0 Å². The van der Waals surface area contributed by atoms with Gasteiger partial charge in [-0.1, -0.05) is 18.2 Å². The van der Waals surface area contributed by atoms with Crippen LogP contribution < -0.4 is 4.90 Å². The Kier molecular flexibility index (Phi) is 4.35. The number of carbonyl (C=O) groups excluding carboxylic acids is 1. The lowest BCUT2D eigenvalue weighted by atomic mass is 10.2. The van der Waals surface area contributed by atoms with Crippen molar-refractivity contribution in [2.24, 2.45) is 0 Å². The molecule has 0 saturated heterocycles. The van der Waals surface area contributed by atoms with Gasteiger partial charge in [-0.05, 0) is 29.8 Å². The molecular formula is C16H19N3O. The van der Waals surface area contributed by atoms with Crippen LogP contribution >= 0.6 is 0 Å². The van der Waals surface area contributed by atoms with E-state index in [0.29, 0.717) is 12.2 Å². The number of aromatic nitrogens is 1. The van der Waals surface area contributed by atoms with Gasteiger partial charge in [-0.2, -0.15) is 0 Å². The van der Waals surface area contributed by atoms with Crippen molar-refractivity contribution in [3.05, 3.63) is 59.9 Å². The van der Waals surface area contributed by atoms with Gasteiger partial charge < -0.3 is 9.80 Å². The third-order valence-electron chi connectivity index (χ3n) is 3.10. The van der Waals surface area contributed by atoms with Gasteiger partial charge in [-0.15, -0.1) is 0 Å². The molecule has 1 aromatic heterocycles. The summed E-state index contributed by atoms with van der Waals surface area (Å²) in [6.45, 7) is 0.573. The molecule has 4 heteroatoms. The van der Waals surface area contributed by atoms with Crippen molar-refractivity contribution in [3.8, 4) is 0 Å². The monoisotopic (exact) mass is 269 g/mol. The van der Waals surface area contributed by atoms with E-state index in [-0.39, 0.29) is 5.91 Å². The molecule has 2 rings (SSSR count). The summed E-state index contributed by atoms with van der Waals surface area (Å²) in [7, 11) is 5.80. The van der Waals surface area contributed by atoms with Gasteiger partial charge in [0.25, 0.3) is 5.91 Å². The fourth-order valence-corrected chi connectivity index (χ4v) is 1.93. The van der Waals surface area contributed by atoms with E-state index < -0.39 is 0 Å². The zero-order valence-corrected chi connectivity index (χ0v) is 12.1. The number of anilines is 1. The van der Waals surface area contributed by atoms with E-state index in [4.69, 9.17) is 0 Å². The van der Waals surface area contributed by atoms with Crippen LogP contribution in [-0.4, -0.2) is 36.9 Å². The molecule has 0 bridgehead atoms. The maximum absolute atomic E-state index is 12.2. The fraction of sp³-hybridized carbons (Fsp3) is 0.250. The smallest absolute Gasteiger partial charge is 0.272 e. The van der Waals surface area contributed by atoms with Crippen LogP contribution in [0.1, 0.15) is 16.1 Å². The normalized spacial score (nSPS) is 10.2. The van der Waals surface area contributed by atoms with E-state index >= 15 is 0 Å². The molecule has 0 aliphatic carbocycles. The van der Waals surface area contributed by atoms with Crippen LogP contribution in [0.4, 0.5) is 5.69 Å². The predicted molar refractivity (Wildman–Crippen MR) is 80.8 cm³/mol. The Bertz CT molecular complexity index is 564. The van der Waals surface area contributed by atoms with Gasteiger partial charge in [0.1, 0.15) is 5.69 Å². The first-order valence-electron chi connectivity index (χ1n) is 6.50. The van der Waals surface area contributed by atoms with E-state index in [1.807, 2.05) is 37.2 Å². The molecule has 0 radical (unpaired) electrons. The minimum Gasteiger partial charge on any atom is -0.378 e. The van der Waals surface area contributed by atoms with Gasteiger partial charge in [0.05, 0.1) is 0 Å². The van der Waals surface area contributed by atoms with Gasteiger partial charge >= 0.3 is 0 Å². The molecule has 4 nitrogen and oxygen atoms in total. The van der Waals surface area contributed by atoms with E-state index in [0.717, 1.165) is 11.3 Å². The highest BCUT2D eigenvalue weighted by atomic mass is 16.2. The second kappa shape index (κ2) is 6.19. The van der Waals surface area contributed by atoms with Crippen molar-refractivity contribution in [2.45, 2.75) is 6.54 Å². The minimum absolute atomic E-state index is 0.0673. The average molecular weight is 269 g/mol. The zero-order valence-electron chi connectivity index (χ0n) is 12.1. The van der Waals surface area contributed by atoms with Crippen LogP contribution in [0.5, 0.6) is 0 Å². The molecule has 0 N–H and O–H groups in total. The van der Waals surface area contributed by atoms with Crippen LogP contribution in [0.15, 0.2) is 48.7 Å². The van der Waals surface area contributed by atoms with Gasteiger partial charge in [-0.3, -0.25) is 9.78 Å². The van der Waals surface area contributed by atoms with Crippen molar-refractivity contribution in [1.82, 2.24) is 9.88 Å². The zero-order chi connectivity index (χ0) is 14.5. The maximum Gasteiger partial charge on any atom is 0.272 e.